The van der Waals surface area contributed by atoms with Gasteiger partial charge in [-0.2, -0.15) is 0 Å². The Labute approximate surface area is 154 Å². The van der Waals surface area contributed by atoms with E-state index in [1.807, 2.05) is 24.3 Å². The maximum absolute atomic E-state index is 12.4. The molecule has 0 unspecified atom stereocenters. The SMILES string of the molecule is O=C(N[C@H]1CC[C@H](C(=O)O)CC1)c1ccc(/C=C/C2CCNCC2)cc1. The predicted molar refractivity (Wildman–Crippen MR) is 102 cm³/mol. The Kier molecular flexibility index (Phi) is 6.45. The van der Waals surface area contributed by atoms with Crippen molar-refractivity contribution in [2.75, 3.05) is 13.1 Å². The second-order valence-corrected chi connectivity index (χ2v) is 7.43. The Hall–Kier alpha value is -2.14. The highest BCUT2D eigenvalue weighted by Crippen LogP contribution is 2.24. The molecular formula is C21H28N2O3. The van der Waals surface area contributed by atoms with Crippen LogP contribution in [0.5, 0.6) is 0 Å². The van der Waals surface area contributed by atoms with Crippen molar-refractivity contribution in [1.29, 1.82) is 0 Å². The van der Waals surface area contributed by atoms with Crippen LogP contribution in [0.2, 0.25) is 0 Å². The largest absolute Gasteiger partial charge is 0.481 e. The van der Waals surface area contributed by atoms with Crippen molar-refractivity contribution in [2.24, 2.45) is 11.8 Å². The van der Waals surface area contributed by atoms with Gasteiger partial charge in [0.15, 0.2) is 0 Å². The highest BCUT2D eigenvalue weighted by molar-refractivity contribution is 5.94. The van der Waals surface area contributed by atoms with E-state index in [2.05, 4.69) is 22.8 Å². The van der Waals surface area contributed by atoms with Crippen LogP contribution in [0.1, 0.15) is 54.4 Å². The molecule has 0 atom stereocenters. The highest BCUT2D eigenvalue weighted by Gasteiger charge is 2.26. The number of piperidine rings is 1. The average molecular weight is 356 g/mol. The monoisotopic (exact) mass is 356 g/mol. The van der Waals surface area contributed by atoms with Gasteiger partial charge in [-0.1, -0.05) is 24.3 Å². The molecule has 0 bridgehead atoms. The van der Waals surface area contributed by atoms with Gasteiger partial charge in [0.05, 0.1) is 5.92 Å². The fourth-order valence-corrected chi connectivity index (χ4v) is 3.78. The zero-order valence-electron chi connectivity index (χ0n) is 15.1. The Bertz CT molecular complexity index is 640. The fraction of sp³-hybridized carbons (Fsp3) is 0.524. The van der Waals surface area contributed by atoms with E-state index in [9.17, 15) is 9.59 Å². The predicted octanol–water partition coefficient (Wildman–Crippen LogP) is 3.07. The lowest BCUT2D eigenvalue weighted by atomic mass is 9.86. The van der Waals surface area contributed by atoms with E-state index in [1.54, 1.807) is 0 Å². The molecule has 1 aromatic carbocycles. The molecule has 0 spiro atoms. The molecule has 3 N–H and O–H groups in total. The third-order valence-corrected chi connectivity index (χ3v) is 5.53. The molecule has 5 nitrogen and oxygen atoms in total. The Balaban J connectivity index is 1.49. The van der Waals surface area contributed by atoms with Crippen LogP contribution in [0, 0.1) is 11.8 Å². The van der Waals surface area contributed by atoms with E-state index in [1.165, 1.54) is 12.8 Å². The first kappa shape index (κ1) is 18.6. The van der Waals surface area contributed by atoms with Gasteiger partial charge in [-0.25, -0.2) is 0 Å². The Morgan fingerprint density at radius 2 is 1.65 bits per heavy atom. The molecule has 140 valence electrons. The molecule has 0 aromatic heterocycles. The van der Waals surface area contributed by atoms with Crippen molar-refractivity contribution in [3.8, 4) is 0 Å². The molecule has 5 heteroatoms. The average Bonchev–Trinajstić information content (AvgIpc) is 2.68. The van der Waals surface area contributed by atoms with Crippen molar-refractivity contribution in [3.05, 3.63) is 41.5 Å². The number of benzene rings is 1. The summed E-state index contributed by atoms with van der Waals surface area (Å²) in [5.74, 6) is -0.408. The molecule has 1 aromatic rings. The molecule has 2 fully saturated rings. The minimum absolute atomic E-state index is 0.0716. The smallest absolute Gasteiger partial charge is 0.306 e. The Morgan fingerprint density at radius 3 is 2.27 bits per heavy atom. The first-order valence-corrected chi connectivity index (χ1v) is 9.64. The normalized spacial score (nSPS) is 24.5. The Morgan fingerprint density at radius 1 is 1.00 bits per heavy atom. The number of nitrogens with one attached hydrogen (secondary N) is 2. The first-order chi connectivity index (χ1) is 12.6. The number of hydrogen-bond donors (Lipinski definition) is 3. The number of hydrogen-bond acceptors (Lipinski definition) is 3. The fourth-order valence-electron chi connectivity index (χ4n) is 3.78. The van der Waals surface area contributed by atoms with Crippen LogP contribution in [-0.2, 0) is 4.79 Å². The maximum atomic E-state index is 12.4. The number of carboxylic acid groups (broad SMARTS) is 1. The third kappa shape index (κ3) is 5.18. The number of amides is 1. The second kappa shape index (κ2) is 8.99. The summed E-state index contributed by atoms with van der Waals surface area (Å²) in [4.78, 5) is 23.4. The van der Waals surface area contributed by atoms with Gasteiger partial charge in [-0.15, -0.1) is 0 Å². The summed E-state index contributed by atoms with van der Waals surface area (Å²) in [6.45, 7) is 2.17. The number of allylic oxidation sites excluding steroid dienone is 1. The molecule has 1 saturated carbocycles. The summed E-state index contributed by atoms with van der Waals surface area (Å²) < 4.78 is 0. The number of aliphatic carboxylic acids is 1. The van der Waals surface area contributed by atoms with E-state index in [0.29, 0.717) is 24.3 Å². The molecule has 26 heavy (non-hydrogen) atoms. The van der Waals surface area contributed by atoms with E-state index < -0.39 is 5.97 Å². The lowest BCUT2D eigenvalue weighted by molar-refractivity contribution is -0.142. The second-order valence-electron chi connectivity index (χ2n) is 7.43. The van der Waals surface area contributed by atoms with Gasteiger partial charge in [-0.05, 0) is 75.2 Å². The quantitative estimate of drug-likeness (QED) is 0.758. The molecule has 1 heterocycles. The number of carboxylic acids is 1. The molecule has 1 amide bonds. The number of carbonyl (C=O) groups is 2. The summed E-state index contributed by atoms with van der Waals surface area (Å²) >= 11 is 0. The minimum atomic E-state index is -0.720. The van der Waals surface area contributed by atoms with E-state index in [0.717, 1.165) is 31.5 Å². The lowest BCUT2D eigenvalue weighted by Crippen LogP contribution is -2.38. The summed E-state index contributed by atoms with van der Waals surface area (Å²) in [5.41, 5.74) is 1.77. The van der Waals surface area contributed by atoms with Crippen LogP contribution in [-0.4, -0.2) is 36.1 Å². The zero-order valence-corrected chi connectivity index (χ0v) is 15.1. The standard InChI is InChI=1S/C21H28N2O3/c24-20(23-19-9-7-18(8-10-19)21(25)26)17-5-3-15(4-6-17)1-2-16-11-13-22-14-12-16/h1-6,16,18-19,22H,7-14H2,(H,23,24)(H,25,26)/b2-1+/t18-,19-. The lowest BCUT2D eigenvalue weighted by Gasteiger charge is -2.26. The van der Waals surface area contributed by atoms with Gasteiger partial charge < -0.3 is 15.7 Å². The minimum Gasteiger partial charge on any atom is -0.481 e. The molecule has 2 aliphatic rings. The van der Waals surface area contributed by atoms with Gasteiger partial charge in [0.25, 0.3) is 5.91 Å². The number of rotatable bonds is 5. The van der Waals surface area contributed by atoms with E-state index in [4.69, 9.17) is 5.11 Å². The summed E-state index contributed by atoms with van der Waals surface area (Å²) in [6, 6.07) is 7.76. The third-order valence-electron chi connectivity index (χ3n) is 5.53. The van der Waals surface area contributed by atoms with Crippen LogP contribution >= 0.6 is 0 Å². The van der Waals surface area contributed by atoms with Crippen LogP contribution in [0.25, 0.3) is 6.08 Å². The van der Waals surface area contributed by atoms with Crippen LogP contribution in [0.4, 0.5) is 0 Å². The molecular weight excluding hydrogens is 328 g/mol. The maximum Gasteiger partial charge on any atom is 0.306 e. The highest BCUT2D eigenvalue weighted by atomic mass is 16.4. The van der Waals surface area contributed by atoms with Crippen molar-refractivity contribution < 1.29 is 14.7 Å². The molecule has 1 aliphatic carbocycles. The summed E-state index contributed by atoms with van der Waals surface area (Å²) in [7, 11) is 0. The van der Waals surface area contributed by atoms with Gasteiger partial charge in [-0.3, -0.25) is 9.59 Å². The molecule has 1 aliphatic heterocycles. The topological polar surface area (TPSA) is 78.4 Å². The van der Waals surface area contributed by atoms with Crippen molar-refractivity contribution in [1.82, 2.24) is 10.6 Å². The number of carbonyl (C=O) groups excluding carboxylic acids is 1. The van der Waals surface area contributed by atoms with Gasteiger partial charge >= 0.3 is 5.97 Å². The molecule has 1 saturated heterocycles. The molecule has 3 rings (SSSR count). The van der Waals surface area contributed by atoms with Gasteiger partial charge in [0.1, 0.15) is 0 Å². The van der Waals surface area contributed by atoms with Gasteiger partial charge in [0, 0.05) is 11.6 Å². The molecule has 0 radical (unpaired) electrons. The van der Waals surface area contributed by atoms with Crippen molar-refractivity contribution >= 4 is 18.0 Å². The summed E-state index contributed by atoms with van der Waals surface area (Å²) in [5, 5.41) is 15.4. The van der Waals surface area contributed by atoms with E-state index in [-0.39, 0.29) is 17.9 Å². The summed E-state index contributed by atoms with van der Waals surface area (Å²) in [6.07, 6.45) is 9.53. The first-order valence-electron chi connectivity index (χ1n) is 9.64. The van der Waals surface area contributed by atoms with Crippen molar-refractivity contribution in [3.63, 3.8) is 0 Å². The van der Waals surface area contributed by atoms with Gasteiger partial charge in [0.2, 0.25) is 0 Å². The van der Waals surface area contributed by atoms with Crippen LogP contribution in [0.3, 0.4) is 0 Å². The van der Waals surface area contributed by atoms with Crippen LogP contribution in [0.15, 0.2) is 30.3 Å². The van der Waals surface area contributed by atoms with Crippen LogP contribution < -0.4 is 10.6 Å². The zero-order chi connectivity index (χ0) is 18.4. The van der Waals surface area contributed by atoms with E-state index >= 15 is 0 Å². The van der Waals surface area contributed by atoms with Crippen molar-refractivity contribution in [2.45, 2.75) is 44.6 Å².